The Labute approximate surface area is 117 Å². The Morgan fingerprint density at radius 2 is 2.17 bits per heavy atom. The van der Waals surface area contributed by atoms with Gasteiger partial charge in [0, 0.05) is 15.8 Å². The zero-order chi connectivity index (χ0) is 13.3. The number of nitrogens with zero attached hydrogens (tertiary/aromatic N) is 1. The molecule has 0 fully saturated rings. The molecule has 2 aromatic rings. The van der Waals surface area contributed by atoms with Gasteiger partial charge in [-0.25, -0.2) is 4.98 Å². The van der Waals surface area contributed by atoms with Gasteiger partial charge in [-0.15, -0.1) is 11.3 Å². The monoisotopic (exact) mass is 325 g/mol. The number of nitrogens with one attached hydrogen (secondary N) is 1. The predicted octanol–water partition coefficient (Wildman–Crippen LogP) is 3.36. The lowest BCUT2D eigenvalue weighted by atomic mass is 10.2. The van der Waals surface area contributed by atoms with Crippen LogP contribution in [0.15, 0.2) is 22.7 Å². The van der Waals surface area contributed by atoms with Crippen molar-refractivity contribution in [2.75, 3.05) is 11.1 Å². The van der Waals surface area contributed by atoms with E-state index in [-0.39, 0.29) is 5.91 Å². The Bertz CT molecular complexity index is 609. The summed E-state index contributed by atoms with van der Waals surface area (Å²) in [6, 6.07) is 5.28. The van der Waals surface area contributed by atoms with Crippen LogP contribution < -0.4 is 11.1 Å². The summed E-state index contributed by atoms with van der Waals surface area (Å²) in [5, 5.41) is 3.71. The number of benzene rings is 1. The number of carbonyl (C=O) groups is 1. The van der Waals surface area contributed by atoms with Gasteiger partial charge in [0.15, 0.2) is 0 Å². The van der Waals surface area contributed by atoms with Gasteiger partial charge in [-0.05, 0) is 48.0 Å². The van der Waals surface area contributed by atoms with E-state index < -0.39 is 0 Å². The van der Waals surface area contributed by atoms with Crippen LogP contribution in [0.4, 0.5) is 11.4 Å². The summed E-state index contributed by atoms with van der Waals surface area (Å²) >= 11 is 4.71. The summed E-state index contributed by atoms with van der Waals surface area (Å²) in [5.41, 5.74) is 7.78. The molecule has 1 amide bonds. The zero-order valence-corrected chi connectivity index (χ0v) is 12.4. The van der Waals surface area contributed by atoms with Gasteiger partial charge in [0.2, 0.25) is 0 Å². The van der Waals surface area contributed by atoms with Crippen LogP contribution in [0.1, 0.15) is 20.4 Å². The normalized spacial score (nSPS) is 10.4. The Kier molecular flexibility index (Phi) is 3.68. The molecule has 4 nitrogen and oxygen atoms in total. The minimum Gasteiger partial charge on any atom is -0.398 e. The molecule has 18 heavy (non-hydrogen) atoms. The quantitative estimate of drug-likeness (QED) is 0.832. The second-order valence-corrected chi connectivity index (χ2v) is 5.90. The molecule has 0 aliphatic carbocycles. The lowest BCUT2D eigenvalue weighted by Gasteiger charge is -2.06. The molecule has 1 aromatic carbocycles. The van der Waals surface area contributed by atoms with Crippen molar-refractivity contribution < 1.29 is 4.79 Å². The number of anilines is 2. The van der Waals surface area contributed by atoms with Crippen molar-refractivity contribution in [1.29, 1.82) is 0 Å². The first-order valence-electron chi connectivity index (χ1n) is 5.28. The molecular weight excluding hydrogens is 314 g/mol. The number of aromatic nitrogens is 1. The van der Waals surface area contributed by atoms with Gasteiger partial charge in [-0.3, -0.25) is 4.79 Å². The van der Waals surface area contributed by atoms with E-state index in [1.807, 2.05) is 13.8 Å². The fourth-order valence-corrected chi connectivity index (χ4v) is 2.73. The van der Waals surface area contributed by atoms with E-state index in [9.17, 15) is 4.79 Å². The molecule has 0 saturated heterocycles. The van der Waals surface area contributed by atoms with Gasteiger partial charge in [0.05, 0.1) is 10.7 Å². The molecule has 3 N–H and O–H groups in total. The highest BCUT2D eigenvalue weighted by Crippen LogP contribution is 2.24. The number of nitrogen functional groups attached to an aromatic ring is 1. The van der Waals surface area contributed by atoms with Gasteiger partial charge >= 0.3 is 0 Å². The molecule has 2 rings (SSSR count). The van der Waals surface area contributed by atoms with E-state index in [4.69, 9.17) is 5.73 Å². The number of nitrogens with two attached hydrogens (primary N) is 1. The first-order valence-corrected chi connectivity index (χ1v) is 6.88. The van der Waals surface area contributed by atoms with E-state index >= 15 is 0 Å². The predicted molar refractivity (Wildman–Crippen MR) is 78.1 cm³/mol. The number of carbonyl (C=O) groups excluding carboxylic acids is 1. The molecule has 0 radical (unpaired) electrons. The molecule has 94 valence electrons. The van der Waals surface area contributed by atoms with Crippen LogP contribution >= 0.6 is 27.3 Å². The van der Waals surface area contributed by atoms with Gasteiger partial charge < -0.3 is 11.1 Å². The zero-order valence-electron chi connectivity index (χ0n) is 9.95. The maximum absolute atomic E-state index is 12.1. The minimum atomic E-state index is -0.144. The second kappa shape index (κ2) is 5.07. The summed E-state index contributed by atoms with van der Waals surface area (Å²) in [4.78, 5) is 16.9. The third-order valence-corrected chi connectivity index (χ3v) is 4.13. The van der Waals surface area contributed by atoms with Crippen molar-refractivity contribution in [3.8, 4) is 0 Å². The maximum atomic E-state index is 12.1. The lowest BCUT2D eigenvalue weighted by molar-refractivity contribution is 0.103. The highest BCUT2D eigenvalue weighted by molar-refractivity contribution is 9.10. The van der Waals surface area contributed by atoms with Crippen LogP contribution in [-0.2, 0) is 0 Å². The second-order valence-electron chi connectivity index (χ2n) is 3.84. The molecule has 0 saturated carbocycles. The first kappa shape index (κ1) is 13.0. The lowest BCUT2D eigenvalue weighted by Crippen LogP contribution is -2.11. The third kappa shape index (κ3) is 2.70. The topological polar surface area (TPSA) is 68.0 Å². The number of amides is 1. The van der Waals surface area contributed by atoms with Crippen molar-refractivity contribution >= 4 is 44.5 Å². The number of hydrogen-bond acceptors (Lipinski definition) is 4. The number of thiazole rings is 1. The standard InChI is InChI=1S/C12H12BrN3OS/c1-6-11(18-7(2)15-6)12(17)16-8-3-4-10(14)9(13)5-8/h3-5H,14H2,1-2H3,(H,16,17). The van der Waals surface area contributed by atoms with Crippen LogP contribution in [-0.4, -0.2) is 10.9 Å². The van der Waals surface area contributed by atoms with Gasteiger partial charge in [0.25, 0.3) is 5.91 Å². The molecule has 0 unspecified atom stereocenters. The Hall–Kier alpha value is -1.40. The first-order chi connectivity index (χ1) is 8.47. The SMILES string of the molecule is Cc1nc(C)c(C(=O)Nc2ccc(N)c(Br)c2)s1. The summed E-state index contributed by atoms with van der Waals surface area (Å²) in [5.74, 6) is -0.144. The average Bonchev–Trinajstić information content (AvgIpc) is 2.63. The Morgan fingerprint density at radius 1 is 1.44 bits per heavy atom. The fourth-order valence-electron chi connectivity index (χ4n) is 1.53. The molecule has 0 bridgehead atoms. The van der Waals surface area contributed by atoms with E-state index in [2.05, 4.69) is 26.2 Å². The molecule has 1 aromatic heterocycles. The maximum Gasteiger partial charge on any atom is 0.267 e. The van der Waals surface area contributed by atoms with Crippen LogP contribution in [0.2, 0.25) is 0 Å². The van der Waals surface area contributed by atoms with Crippen molar-refractivity contribution in [2.45, 2.75) is 13.8 Å². The highest BCUT2D eigenvalue weighted by Gasteiger charge is 2.14. The van der Waals surface area contributed by atoms with Gasteiger partial charge in [0.1, 0.15) is 4.88 Å². The summed E-state index contributed by atoms with van der Waals surface area (Å²) in [7, 11) is 0. The van der Waals surface area contributed by atoms with Crippen molar-refractivity contribution in [2.24, 2.45) is 0 Å². The number of rotatable bonds is 2. The fraction of sp³-hybridized carbons (Fsp3) is 0.167. The largest absolute Gasteiger partial charge is 0.398 e. The summed E-state index contributed by atoms with van der Waals surface area (Å²) < 4.78 is 0.762. The molecule has 6 heteroatoms. The highest BCUT2D eigenvalue weighted by atomic mass is 79.9. The van der Waals surface area contributed by atoms with Crippen molar-refractivity contribution in [3.05, 3.63) is 38.3 Å². The van der Waals surface area contributed by atoms with Crippen LogP contribution in [0.25, 0.3) is 0 Å². The van der Waals surface area contributed by atoms with Crippen molar-refractivity contribution in [3.63, 3.8) is 0 Å². The van der Waals surface area contributed by atoms with Crippen LogP contribution in [0.5, 0.6) is 0 Å². The number of halogens is 1. The van der Waals surface area contributed by atoms with Crippen LogP contribution in [0, 0.1) is 13.8 Å². The van der Waals surface area contributed by atoms with E-state index in [1.165, 1.54) is 11.3 Å². The molecule has 0 aliphatic rings. The number of hydrogen-bond donors (Lipinski definition) is 2. The van der Waals surface area contributed by atoms with E-state index in [0.717, 1.165) is 15.2 Å². The van der Waals surface area contributed by atoms with E-state index in [1.54, 1.807) is 18.2 Å². The number of aryl methyl sites for hydroxylation is 2. The third-order valence-electron chi connectivity index (χ3n) is 2.37. The molecule has 1 heterocycles. The van der Waals surface area contributed by atoms with E-state index in [0.29, 0.717) is 16.3 Å². The van der Waals surface area contributed by atoms with Crippen LogP contribution in [0.3, 0.4) is 0 Å². The van der Waals surface area contributed by atoms with Crippen molar-refractivity contribution in [1.82, 2.24) is 4.98 Å². The minimum absolute atomic E-state index is 0.144. The molecule has 0 aliphatic heterocycles. The summed E-state index contributed by atoms with van der Waals surface area (Å²) in [6.45, 7) is 3.71. The smallest absolute Gasteiger partial charge is 0.267 e. The Morgan fingerprint density at radius 3 is 2.72 bits per heavy atom. The molecule has 0 atom stereocenters. The molecule has 0 spiro atoms. The Balaban J connectivity index is 2.21. The molecular formula is C12H12BrN3OS. The van der Waals surface area contributed by atoms with Gasteiger partial charge in [-0.2, -0.15) is 0 Å². The summed E-state index contributed by atoms with van der Waals surface area (Å²) in [6.07, 6.45) is 0. The average molecular weight is 326 g/mol. The van der Waals surface area contributed by atoms with Gasteiger partial charge in [-0.1, -0.05) is 0 Å².